The lowest BCUT2D eigenvalue weighted by Crippen LogP contribution is -2.11. The number of halogens is 1. The number of aromatic nitrogens is 7. The van der Waals surface area contributed by atoms with E-state index in [0.29, 0.717) is 23.5 Å². The third-order valence-electron chi connectivity index (χ3n) is 4.72. The van der Waals surface area contributed by atoms with Gasteiger partial charge in [0.25, 0.3) is 0 Å². The number of nitrogens with two attached hydrogens (primary N) is 1. The van der Waals surface area contributed by atoms with Crippen LogP contribution in [0.3, 0.4) is 0 Å². The maximum atomic E-state index is 14.6. The molecule has 4 rings (SSSR count). The highest BCUT2D eigenvalue weighted by atomic mass is 19.1. The van der Waals surface area contributed by atoms with E-state index in [4.69, 9.17) is 5.73 Å². The highest BCUT2D eigenvalue weighted by Gasteiger charge is 2.23. The average Bonchev–Trinajstić information content (AvgIpc) is 3.31. The third-order valence-corrected chi connectivity index (χ3v) is 4.72. The van der Waals surface area contributed by atoms with Crippen LogP contribution in [0.1, 0.15) is 23.0 Å². The molecule has 28 heavy (non-hydrogen) atoms. The van der Waals surface area contributed by atoms with Gasteiger partial charge in [-0.05, 0) is 26.0 Å². The molecule has 0 aliphatic carbocycles. The predicted octanol–water partition coefficient (Wildman–Crippen LogP) is 1.80. The molecule has 0 bridgehead atoms. The Bertz CT molecular complexity index is 1230. The fourth-order valence-corrected chi connectivity index (χ4v) is 3.30. The van der Waals surface area contributed by atoms with Gasteiger partial charge in [0, 0.05) is 37.2 Å². The summed E-state index contributed by atoms with van der Waals surface area (Å²) in [6.07, 6.45) is 1.69. The van der Waals surface area contributed by atoms with Crippen molar-refractivity contribution in [2.45, 2.75) is 20.4 Å². The normalized spacial score (nSPS) is 11.5. The molecule has 0 aliphatic heterocycles. The molecule has 0 fully saturated rings. The minimum atomic E-state index is -0.558. The number of primary amides is 1. The molecular weight excluding hydrogens is 363 g/mol. The number of carbonyl (C=O) groups excluding carboxylic acids is 1. The fourth-order valence-electron chi connectivity index (χ4n) is 3.30. The van der Waals surface area contributed by atoms with Crippen molar-refractivity contribution in [1.82, 2.24) is 34.3 Å². The fraction of sp³-hybridized carbons (Fsp3) is 0.278. The molecule has 1 amide bonds. The first-order chi connectivity index (χ1) is 13.3. The average molecular weight is 382 g/mol. The van der Waals surface area contributed by atoms with E-state index in [0.717, 1.165) is 10.9 Å². The Balaban J connectivity index is 1.97. The van der Waals surface area contributed by atoms with E-state index in [9.17, 15) is 9.18 Å². The number of rotatable bonds is 4. The highest BCUT2D eigenvalue weighted by Crippen LogP contribution is 2.31. The summed E-state index contributed by atoms with van der Waals surface area (Å²) in [6.45, 7) is 3.96. The Labute approximate surface area is 159 Å². The van der Waals surface area contributed by atoms with Crippen molar-refractivity contribution in [2.24, 2.45) is 19.8 Å². The van der Waals surface area contributed by atoms with Gasteiger partial charge in [-0.1, -0.05) is 0 Å². The van der Waals surface area contributed by atoms with Gasteiger partial charge in [0.05, 0.1) is 17.4 Å². The van der Waals surface area contributed by atoms with E-state index in [1.807, 2.05) is 6.92 Å². The van der Waals surface area contributed by atoms with E-state index < -0.39 is 11.7 Å². The summed E-state index contributed by atoms with van der Waals surface area (Å²) in [5, 5.41) is 13.6. The maximum absolute atomic E-state index is 14.6. The Hall–Kier alpha value is -3.56. The summed E-state index contributed by atoms with van der Waals surface area (Å²) in [7, 11) is 3.49. The first kappa shape index (κ1) is 17.8. The van der Waals surface area contributed by atoms with E-state index in [1.165, 1.54) is 4.68 Å². The third kappa shape index (κ3) is 2.56. The number of amides is 1. The van der Waals surface area contributed by atoms with Gasteiger partial charge in [-0.25, -0.2) is 14.1 Å². The topological polar surface area (TPSA) is 109 Å². The highest BCUT2D eigenvalue weighted by molar-refractivity contribution is 6.02. The Kier molecular flexibility index (Phi) is 3.98. The molecule has 0 aliphatic rings. The van der Waals surface area contributed by atoms with E-state index in [2.05, 4.69) is 20.3 Å². The van der Waals surface area contributed by atoms with Crippen LogP contribution < -0.4 is 5.73 Å². The summed E-state index contributed by atoms with van der Waals surface area (Å²) >= 11 is 0. The summed E-state index contributed by atoms with van der Waals surface area (Å²) < 4.78 is 19.3. The molecular formula is C18H19FN8O. The smallest absolute Gasteiger partial charge is 0.248 e. The first-order valence-electron chi connectivity index (χ1n) is 8.72. The minimum Gasteiger partial charge on any atom is -0.366 e. The van der Waals surface area contributed by atoms with E-state index in [-0.39, 0.29) is 17.2 Å². The van der Waals surface area contributed by atoms with Crippen LogP contribution in [-0.2, 0) is 20.6 Å². The molecule has 0 spiro atoms. The van der Waals surface area contributed by atoms with Crippen molar-refractivity contribution in [2.75, 3.05) is 0 Å². The molecule has 0 saturated heterocycles. The Morgan fingerprint density at radius 2 is 1.96 bits per heavy atom. The number of hydrogen-bond donors (Lipinski definition) is 1. The molecule has 2 N–H and O–H groups in total. The van der Waals surface area contributed by atoms with Gasteiger partial charge in [0.15, 0.2) is 11.6 Å². The van der Waals surface area contributed by atoms with Gasteiger partial charge in [-0.2, -0.15) is 10.2 Å². The van der Waals surface area contributed by atoms with E-state index in [1.54, 1.807) is 48.7 Å². The number of carbonyl (C=O) groups is 1. The van der Waals surface area contributed by atoms with Crippen LogP contribution in [0.25, 0.3) is 33.8 Å². The quantitative estimate of drug-likeness (QED) is 0.579. The lowest BCUT2D eigenvalue weighted by molar-refractivity contribution is 0.100. The molecule has 10 heteroatoms. The van der Waals surface area contributed by atoms with Crippen LogP contribution in [0, 0.1) is 12.7 Å². The molecule has 0 radical (unpaired) electrons. The van der Waals surface area contributed by atoms with Crippen molar-refractivity contribution in [1.29, 1.82) is 0 Å². The molecule has 4 aromatic rings. The lowest BCUT2D eigenvalue weighted by atomic mass is 10.0. The van der Waals surface area contributed by atoms with Crippen LogP contribution in [0.4, 0.5) is 4.39 Å². The van der Waals surface area contributed by atoms with Crippen molar-refractivity contribution < 1.29 is 9.18 Å². The van der Waals surface area contributed by atoms with Gasteiger partial charge in [-0.15, -0.1) is 5.10 Å². The second-order valence-electron chi connectivity index (χ2n) is 6.54. The first-order valence-corrected chi connectivity index (χ1v) is 8.72. The standard InChI is InChI=1S/C18H19FN8O/c1-5-27-15(14(19)9(2)23-27)17-22-18(26(4)24-17)11-6-10(16(20)28)7-13-12(11)8-21-25(13)3/h6-8H,5H2,1-4H3,(H2,20,28). The number of fused-ring (bicyclic) bond motifs is 1. The van der Waals surface area contributed by atoms with Crippen molar-refractivity contribution in [3.8, 4) is 22.9 Å². The zero-order chi connectivity index (χ0) is 20.2. The van der Waals surface area contributed by atoms with Crippen molar-refractivity contribution >= 4 is 16.8 Å². The molecule has 0 atom stereocenters. The Morgan fingerprint density at radius 1 is 1.21 bits per heavy atom. The number of hydrogen-bond acceptors (Lipinski definition) is 5. The van der Waals surface area contributed by atoms with Crippen LogP contribution >= 0.6 is 0 Å². The van der Waals surface area contributed by atoms with E-state index >= 15 is 0 Å². The summed E-state index contributed by atoms with van der Waals surface area (Å²) in [4.78, 5) is 16.3. The molecule has 0 unspecified atom stereocenters. The van der Waals surface area contributed by atoms with Gasteiger partial charge < -0.3 is 5.73 Å². The van der Waals surface area contributed by atoms with Gasteiger partial charge >= 0.3 is 0 Å². The zero-order valence-corrected chi connectivity index (χ0v) is 15.9. The van der Waals surface area contributed by atoms with Crippen LogP contribution in [-0.4, -0.2) is 40.2 Å². The molecule has 144 valence electrons. The second-order valence-corrected chi connectivity index (χ2v) is 6.54. The maximum Gasteiger partial charge on any atom is 0.248 e. The SMILES string of the molecule is CCn1nc(C)c(F)c1-c1nc(-c2cc(C(N)=O)cc3c2cnn3C)n(C)n1. The van der Waals surface area contributed by atoms with Crippen LogP contribution in [0.5, 0.6) is 0 Å². The van der Waals surface area contributed by atoms with Crippen LogP contribution in [0.2, 0.25) is 0 Å². The summed E-state index contributed by atoms with van der Waals surface area (Å²) in [5.74, 6) is -0.315. The molecule has 9 nitrogen and oxygen atoms in total. The number of aryl methyl sites for hydroxylation is 4. The number of nitrogens with zero attached hydrogens (tertiary/aromatic N) is 7. The molecule has 3 heterocycles. The monoisotopic (exact) mass is 382 g/mol. The van der Waals surface area contributed by atoms with Crippen molar-refractivity contribution in [3.05, 3.63) is 35.4 Å². The summed E-state index contributed by atoms with van der Waals surface area (Å²) in [5.41, 5.74) is 7.71. The largest absolute Gasteiger partial charge is 0.366 e. The molecule has 0 saturated carbocycles. The van der Waals surface area contributed by atoms with Gasteiger partial charge in [0.2, 0.25) is 11.7 Å². The lowest BCUT2D eigenvalue weighted by Gasteiger charge is -2.05. The van der Waals surface area contributed by atoms with Crippen molar-refractivity contribution in [3.63, 3.8) is 0 Å². The van der Waals surface area contributed by atoms with Crippen LogP contribution in [0.15, 0.2) is 18.3 Å². The predicted molar refractivity (Wildman–Crippen MR) is 101 cm³/mol. The van der Waals surface area contributed by atoms with Gasteiger partial charge in [0.1, 0.15) is 5.69 Å². The Morgan fingerprint density at radius 3 is 2.64 bits per heavy atom. The second kappa shape index (κ2) is 6.25. The zero-order valence-electron chi connectivity index (χ0n) is 15.9. The number of benzene rings is 1. The molecule has 3 aromatic heterocycles. The van der Waals surface area contributed by atoms with Gasteiger partial charge in [-0.3, -0.25) is 14.2 Å². The summed E-state index contributed by atoms with van der Waals surface area (Å²) in [6, 6.07) is 3.33. The molecule has 1 aromatic carbocycles. The minimum absolute atomic E-state index is 0.221.